The van der Waals surface area contributed by atoms with Crippen molar-refractivity contribution in [3.8, 4) is 5.75 Å². The minimum Gasteiger partial charge on any atom is -0.427 e. The normalized spacial score (nSPS) is 10.2. The van der Waals surface area contributed by atoms with Gasteiger partial charge in [-0.1, -0.05) is 32.6 Å². The van der Waals surface area contributed by atoms with Crippen LogP contribution < -0.4 is 4.74 Å². The van der Waals surface area contributed by atoms with Crippen LogP contribution in [0.4, 0.5) is 0 Å². The SMILES string of the molecule is C=Cc1cc(CC(C)C)cc(OC(C)=O)c1. The van der Waals surface area contributed by atoms with Gasteiger partial charge >= 0.3 is 5.97 Å². The molecule has 2 heteroatoms. The standard InChI is InChI=1S/C14H18O2/c1-5-12-7-13(6-10(2)3)9-14(8-12)16-11(4)15/h5,7-10H,1,6H2,2-4H3. The lowest BCUT2D eigenvalue weighted by Crippen LogP contribution is -2.03. The third kappa shape index (κ3) is 3.89. The second-order valence-electron chi connectivity index (χ2n) is 4.31. The molecule has 2 nitrogen and oxygen atoms in total. The fraction of sp³-hybridized carbons (Fsp3) is 0.357. The van der Waals surface area contributed by atoms with Gasteiger partial charge in [-0.15, -0.1) is 0 Å². The summed E-state index contributed by atoms with van der Waals surface area (Å²) in [5, 5.41) is 0. The predicted molar refractivity (Wildman–Crippen MR) is 66.4 cm³/mol. The van der Waals surface area contributed by atoms with E-state index >= 15 is 0 Å². The van der Waals surface area contributed by atoms with Gasteiger partial charge in [-0.3, -0.25) is 4.79 Å². The summed E-state index contributed by atoms with van der Waals surface area (Å²) in [5.74, 6) is 0.877. The summed E-state index contributed by atoms with van der Waals surface area (Å²) < 4.78 is 5.09. The molecule has 0 aliphatic rings. The summed E-state index contributed by atoms with van der Waals surface area (Å²) in [6.07, 6.45) is 2.73. The van der Waals surface area contributed by atoms with E-state index in [-0.39, 0.29) is 5.97 Å². The van der Waals surface area contributed by atoms with Crippen molar-refractivity contribution in [2.75, 3.05) is 0 Å². The van der Waals surface area contributed by atoms with Gasteiger partial charge in [0.2, 0.25) is 0 Å². The van der Waals surface area contributed by atoms with Crippen molar-refractivity contribution in [2.45, 2.75) is 27.2 Å². The van der Waals surface area contributed by atoms with Gasteiger partial charge in [0, 0.05) is 6.92 Å². The van der Waals surface area contributed by atoms with Crippen LogP contribution in [0.25, 0.3) is 6.08 Å². The van der Waals surface area contributed by atoms with Gasteiger partial charge in [0.15, 0.2) is 0 Å². The summed E-state index contributed by atoms with van der Waals surface area (Å²) in [6, 6.07) is 5.80. The first-order valence-corrected chi connectivity index (χ1v) is 5.46. The van der Waals surface area contributed by atoms with Gasteiger partial charge in [0.05, 0.1) is 0 Å². The van der Waals surface area contributed by atoms with Crippen molar-refractivity contribution in [2.24, 2.45) is 5.92 Å². The lowest BCUT2D eigenvalue weighted by atomic mass is 10.0. The number of carbonyl (C=O) groups is 1. The molecule has 0 bridgehead atoms. The Morgan fingerprint density at radius 2 is 2.12 bits per heavy atom. The van der Waals surface area contributed by atoms with Gasteiger partial charge in [0.1, 0.15) is 5.75 Å². The van der Waals surface area contributed by atoms with Crippen LogP contribution in [0.2, 0.25) is 0 Å². The lowest BCUT2D eigenvalue weighted by molar-refractivity contribution is -0.131. The van der Waals surface area contributed by atoms with E-state index in [4.69, 9.17) is 4.74 Å². The molecular formula is C14H18O2. The molecule has 0 atom stereocenters. The second kappa shape index (κ2) is 5.50. The maximum absolute atomic E-state index is 10.9. The topological polar surface area (TPSA) is 26.3 Å². The third-order valence-corrected chi connectivity index (χ3v) is 2.13. The van der Waals surface area contributed by atoms with Crippen molar-refractivity contribution in [3.63, 3.8) is 0 Å². The number of hydrogen-bond acceptors (Lipinski definition) is 2. The number of rotatable bonds is 4. The van der Waals surface area contributed by atoms with E-state index in [9.17, 15) is 4.79 Å². The molecule has 0 heterocycles. The summed E-state index contributed by atoms with van der Waals surface area (Å²) in [5.41, 5.74) is 2.15. The van der Waals surface area contributed by atoms with Crippen LogP contribution >= 0.6 is 0 Å². The Bertz CT molecular complexity index is 392. The molecule has 1 rings (SSSR count). The highest BCUT2D eigenvalue weighted by Gasteiger charge is 2.04. The predicted octanol–water partition coefficient (Wildman–Crippen LogP) is 3.45. The fourth-order valence-electron chi connectivity index (χ4n) is 1.62. The van der Waals surface area contributed by atoms with Gasteiger partial charge in [-0.05, 0) is 35.6 Å². The number of hydrogen-bond donors (Lipinski definition) is 0. The summed E-state index contributed by atoms with van der Waals surface area (Å²) in [4.78, 5) is 10.9. The summed E-state index contributed by atoms with van der Waals surface area (Å²) in [6.45, 7) is 9.45. The summed E-state index contributed by atoms with van der Waals surface area (Å²) >= 11 is 0. The van der Waals surface area contributed by atoms with E-state index in [1.165, 1.54) is 12.5 Å². The molecule has 0 N–H and O–H groups in total. The molecule has 0 spiro atoms. The zero-order chi connectivity index (χ0) is 12.1. The quantitative estimate of drug-likeness (QED) is 0.571. The van der Waals surface area contributed by atoms with Crippen molar-refractivity contribution in [3.05, 3.63) is 35.9 Å². The van der Waals surface area contributed by atoms with Crippen LogP contribution in [0.1, 0.15) is 31.9 Å². The molecule has 0 aromatic heterocycles. The first-order chi connectivity index (χ1) is 7.51. The van der Waals surface area contributed by atoms with Crippen LogP contribution in [0.15, 0.2) is 24.8 Å². The van der Waals surface area contributed by atoms with Crippen LogP contribution in [-0.4, -0.2) is 5.97 Å². The van der Waals surface area contributed by atoms with Gasteiger partial charge in [-0.25, -0.2) is 0 Å². The highest BCUT2D eigenvalue weighted by molar-refractivity contribution is 5.69. The van der Waals surface area contributed by atoms with Crippen molar-refractivity contribution in [1.82, 2.24) is 0 Å². The molecule has 0 saturated heterocycles. The molecule has 1 aromatic carbocycles. The number of benzene rings is 1. The minimum atomic E-state index is -0.295. The zero-order valence-corrected chi connectivity index (χ0v) is 10.1. The maximum Gasteiger partial charge on any atom is 0.308 e. The molecule has 0 radical (unpaired) electrons. The molecule has 0 unspecified atom stereocenters. The van der Waals surface area contributed by atoms with Gasteiger partial charge < -0.3 is 4.74 Å². The van der Waals surface area contributed by atoms with Gasteiger partial charge in [-0.2, -0.15) is 0 Å². The Hall–Kier alpha value is -1.57. The molecule has 0 saturated carbocycles. The largest absolute Gasteiger partial charge is 0.427 e. The first kappa shape index (κ1) is 12.5. The van der Waals surface area contributed by atoms with Crippen LogP contribution in [0.5, 0.6) is 5.75 Å². The Morgan fingerprint density at radius 1 is 1.44 bits per heavy atom. The van der Waals surface area contributed by atoms with Crippen LogP contribution in [0, 0.1) is 5.92 Å². The van der Waals surface area contributed by atoms with Crippen molar-refractivity contribution < 1.29 is 9.53 Å². The van der Waals surface area contributed by atoms with Crippen molar-refractivity contribution in [1.29, 1.82) is 0 Å². The fourth-order valence-corrected chi connectivity index (χ4v) is 1.62. The Balaban J connectivity index is 3.00. The number of ether oxygens (including phenoxy) is 1. The molecule has 16 heavy (non-hydrogen) atoms. The van der Waals surface area contributed by atoms with E-state index in [1.54, 1.807) is 6.08 Å². The van der Waals surface area contributed by atoms with Crippen molar-refractivity contribution >= 4 is 12.0 Å². The first-order valence-electron chi connectivity index (χ1n) is 5.46. The monoisotopic (exact) mass is 218 g/mol. The van der Waals surface area contributed by atoms with E-state index in [0.29, 0.717) is 11.7 Å². The van der Waals surface area contributed by atoms with E-state index in [2.05, 4.69) is 26.5 Å². The van der Waals surface area contributed by atoms with E-state index < -0.39 is 0 Å². The molecule has 0 aliphatic heterocycles. The molecule has 86 valence electrons. The molecular weight excluding hydrogens is 200 g/mol. The zero-order valence-electron chi connectivity index (χ0n) is 10.1. The molecule has 0 fully saturated rings. The average Bonchev–Trinajstić information content (AvgIpc) is 2.14. The molecule has 1 aromatic rings. The van der Waals surface area contributed by atoms with Crippen LogP contribution in [0.3, 0.4) is 0 Å². The highest BCUT2D eigenvalue weighted by Crippen LogP contribution is 2.20. The molecule has 0 amide bonds. The third-order valence-electron chi connectivity index (χ3n) is 2.13. The number of esters is 1. The van der Waals surface area contributed by atoms with Crippen LogP contribution in [-0.2, 0) is 11.2 Å². The molecule has 0 aliphatic carbocycles. The second-order valence-corrected chi connectivity index (χ2v) is 4.31. The van der Waals surface area contributed by atoms with Gasteiger partial charge in [0.25, 0.3) is 0 Å². The Morgan fingerprint density at radius 3 is 2.62 bits per heavy atom. The smallest absolute Gasteiger partial charge is 0.308 e. The number of carbonyl (C=O) groups excluding carboxylic acids is 1. The average molecular weight is 218 g/mol. The van der Waals surface area contributed by atoms with E-state index in [0.717, 1.165) is 12.0 Å². The minimum absolute atomic E-state index is 0.295. The Labute approximate surface area is 96.9 Å². The summed E-state index contributed by atoms with van der Waals surface area (Å²) in [7, 11) is 0. The maximum atomic E-state index is 10.9. The Kier molecular flexibility index (Phi) is 4.29. The highest BCUT2D eigenvalue weighted by atomic mass is 16.5. The van der Waals surface area contributed by atoms with E-state index in [1.807, 2.05) is 12.1 Å². The lowest BCUT2D eigenvalue weighted by Gasteiger charge is -2.09.